The van der Waals surface area contributed by atoms with E-state index in [9.17, 15) is 14.4 Å². The van der Waals surface area contributed by atoms with Crippen molar-refractivity contribution in [1.29, 1.82) is 0 Å². The fourth-order valence-corrected chi connectivity index (χ4v) is 3.99. The molecule has 0 amide bonds. The molecule has 0 saturated heterocycles. The lowest BCUT2D eigenvalue weighted by atomic mass is 10.1. The van der Waals surface area contributed by atoms with Crippen LogP contribution in [0.3, 0.4) is 0 Å². The Balaban J connectivity index is 0. The molecule has 0 aromatic heterocycles. The van der Waals surface area contributed by atoms with E-state index in [4.69, 9.17) is 14.6 Å². The molecule has 38 heavy (non-hydrogen) atoms. The Kier molecular flexibility index (Phi) is 33.9. The van der Waals surface area contributed by atoms with Gasteiger partial charge < -0.3 is 14.6 Å². The van der Waals surface area contributed by atoms with Crippen LogP contribution in [0.5, 0.6) is 0 Å². The van der Waals surface area contributed by atoms with Gasteiger partial charge in [0.25, 0.3) is 0 Å². The van der Waals surface area contributed by atoms with E-state index in [0.29, 0.717) is 32.5 Å². The Morgan fingerprint density at radius 2 is 0.711 bits per heavy atom. The van der Waals surface area contributed by atoms with Gasteiger partial charge in [0.1, 0.15) is 0 Å². The highest BCUT2D eigenvalue weighted by molar-refractivity contribution is 5.69. The highest BCUT2D eigenvalue weighted by Gasteiger charge is 2.04. The Morgan fingerprint density at radius 1 is 0.421 bits per heavy atom. The van der Waals surface area contributed by atoms with Gasteiger partial charge in [-0.25, -0.2) is 0 Å². The third kappa shape index (κ3) is 36.6. The summed E-state index contributed by atoms with van der Waals surface area (Å²) in [6.07, 6.45) is 25.6. The van der Waals surface area contributed by atoms with Gasteiger partial charge in [-0.1, -0.05) is 124 Å². The first-order chi connectivity index (χ1) is 18.5. The molecule has 1 N–H and O–H groups in total. The monoisotopic (exact) mass is 542 g/mol. The van der Waals surface area contributed by atoms with Crippen molar-refractivity contribution in [2.24, 2.45) is 0 Å². The number of hydrogen-bond donors (Lipinski definition) is 1. The van der Waals surface area contributed by atoms with Crippen LogP contribution in [0, 0.1) is 0 Å². The van der Waals surface area contributed by atoms with Gasteiger partial charge >= 0.3 is 17.9 Å². The minimum Gasteiger partial charge on any atom is -0.481 e. The second-order valence-electron chi connectivity index (χ2n) is 10.4. The summed E-state index contributed by atoms with van der Waals surface area (Å²) >= 11 is 0. The first-order valence-electron chi connectivity index (χ1n) is 16.0. The number of carboxylic acids is 1. The van der Waals surface area contributed by atoms with Crippen LogP contribution in [0.4, 0.5) is 0 Å². The highest BCUT2D eigenvalue weighted by atomic mass is 16.5. The molecular weight excluding hydrogens is 480 g/mol. The number of carboxylic acid groups (broad SMARTS) is 1. The normalized spacial score (nSPS) is 10.5. The van der Waals surface area contributed by atoms with Crippen molar-refractivity contribution in [1.82, 2.24) is 0 Å². The van der Waals surface area contributed by atoms with Crippen molar-refractivity contribution >= 4 is 17.9 Å². The molecular formula is C32H62O6. The molecule has 0 atom stereocenters. The molecule has 0 aromatic carbocycles. The van der Waals surface area contributed by atoms with Crippen molar-refractivity contribution in [2.45, 2.75) is 175 Å². The molecule has 0 heterocycles. The van der Waals surface area contributed by atoms with Crippen molar-refractivity contribution in [2.75, 3.05) is 13.2 Å². The smallest absolute Gasteiger partial charge is 0.305 e. The number of carbonyl (C=O) groups is 3. The van der Waals surface area contributed by atoms with E-state index >= 15 is 0 Å². The SMILES string of the molecule is CCCCCCCCCCCCCC(=O)O.CCCCOC(=O)CCCCCCCCC(=O)OCCCC. The van der Waals surface area contributed by atoms with Crippen molar-refractivity contribution in [3.63, 3.8) is 0 Å². The largest absolute Gasteiger partial charge is 0.481 e. The molecule has 6 heteroatoms. The summed E-state index contributed by atoms with van der Waals surface area (Å²) in [5.74, 6) is -0.789. The van der Waals surface area contributed by atoms with Crippen LogP contribution in [-0.2, 0) is 23.9 Å². The molecule has 0 aliphatic carbocycles. The Morgan fingerprint density at radius 3 is 1.03 bits per heavy atom. The van der Waals surface area contributed by atoms with E-state index in [2.05, 4.69) is 20.8 Å². The van der Waals surface area contributed by atoms with Gasteiger partial charge in [-0.2, -0.15) is 0 Å². The van der Waals surface area contributed by atoms with Gasteiger partial charge in [0, 0.05) is 19.3 Å². The maximum atomic E-state index is 11.4. The second-order valence-corrected chi connectivity index (χ2v) is 10.4. The van der Waals surface area contributed by atoms with Crippen LogP contribution in [0.15, 0.2) is 0 Å². The fourth-order valence-electron chi connectivity index (χ4n) is 3.99. The van der Waals surface area contributed by atoms with Crippen LogP contribution >= 0.6 is 0 Å². The van der Waals surface area contributed by atoms with E-state index in [1.807, 2.05) is 0 Å². The quantitative estimate of drug-likeness (QED) is 0.0821. The summed E-state index contributed by atoms with van der Waals surface area (Å²) in [6, 6.07) is 0. The topological polar surface area (TPSA) is 89.9 Å². The van der Waals surface area contributed by atoms with Gasteiger partial charge in [-0.3, -0.25) is 14.4 Å². The maximum Gasteiger partial charge on any atom is 0.305 e. The predicted octanol–water partition coefficient (Wildman–Crippen LogP) is 9.57. The summed E-state index contributed by atoms with van der Waals surface area (Å²) in [5.41, 5.74) is 0. The molecule has 0 saturated carbocycles. The zero-order valence-corrected chi connectivity index (χ0v) is 25.4. The third-order valence-corrected chi connectivity index (χ3v) is 6.53. The zero-order valence-electron chi connectivity index (χ0n) is 25.4. The second kappa shape index (κ2) is 33.4. The van der Waals surface area contributed by atoms with Crippen LogP contribution in [0.2, 0.25) is 0 Å². The molecule has 0 aliphatic heterocycles. The number of hydrogen-bond acceptors (Lipinski definition) is 5. The van der Waals surface area contributed by atoms with E-state index in [0.717, 1.165) is 77.0 Å². The summed E-state index contributed by atoms with van der Waals surface area (Å²) in [4.78, 5) is 33.0. The van der Waals surface area contributed by atoms with Gasteiger partial charge in [-0.15, -0.1) is 0 Å². The number of carbonyl (C=O) groups excluding carboxylic acids is 2. The Labute approximate surface area is 235 Å². The minimum atomic E-state index is -0.657. The van der Waals surface area contributed by atoms with Gasteiger partial charge in [-0.05, 0) is 32.1 Å². The molecule has 226 valence electrons. The average Bonchev–Trinajstić information content (AvgIpc) is 2.89. The van der Waals surface area contributed by atoms with Gasteiger partial charge in [0.15, 0.2) is 0 Å². The van der Waals surface area contributed by atoms with Crippen LogP contribution in [0.1, 0.15) is 175 Å². The molecule has 0 rings (SSSR count). The van der Waals surface area contributed by atoms with Crippen molar-refractivity contribution in [3.05, 3.63) is 0 Å². The zero-order chi connectivity index (χ0) is 28.5. The number of aliphatic carboxylic acids is 1. The molecule has 0 fully saturated rings. The lowest BCUT2D eigenvalue weighted by Crippen LogP contribution is -2.05. The molecule has 0 radical (unpaired) electrons. The lowest BCUT2D eigenvalue weighted by molar-refractivity contribution is -0.144. The lowest BCUT2D eigenvalue weighted by Gasteiger charge is -2.05. The standard InChI is InChI=1S/C18H34O4.C14H28O2/c1-3-5-15-21-17(19)13-11-9-7-8-10-12-14-18(20)22-16-6-4-2;1-2-3-4-5-6-7-8-9-10-11-12-13-14(15)16/h3-16H2,1-2H3;2-13H2,1H3,(H,15,16). The van der Waals surface area contributed by atoms with Gasteiger partial charge in [0.2, 0.25) is 0 Å². The van der Waals surface area contributed by atoms with Crippen molar-refractivity contribution < 1.29 is 29.0 Å². The average molecular weight is 543 g/mol. The van der Waals surface area contributed by atoms with Crippen LogP contribution in [-0.4, -0.2) is 36.2 Å². The molecule has 6 nitrogen and oxygen atoms in total. The Hall–Kier alpha value is -1.59. The molecule has 0 aromatic rings. The summed E-state index contributed by atoms with van der Waals surface area (Å²) in [5, 5.41) is 8.46. The van der Waals surface area contributed by atoms with Crippen LogP contribution in [0.25, 0.3) is 0 Å². The highest BCUT2D eigenvalue weighted by Crippen LogP contribution is 2.12. The molecule has 0 aliphatic rings. The minimum absolute atomic E-state index is 0.0664. The Bertz CT molecular complexity index is 492. The third-order valence-electron chi connectivity index (χ3n) is 6.53. The summed E-state index contributed by atoms with van der Waals surface area (Å²) in [7, 11) is 0. The van der Waals surface area contributed by atoms with E-state index in [1.54, 1.807) is 0 Å². The first-order valence-corrected chi connectivity index (χ1v) is 16.0. The molecule has 0 unspecified atom stereocenters. The maximum absolute atomic E-state index is 11.4. The van der Waals surface area contributed by atoms with Gasteiger partial charge in [0.05, 0.1) is 13.2 Å². The predicted molar refractivity (Wildman–Crippen MR) is 157 cm³/mol. The number of esters is 2. The van der Waals surface area contributed by atoms with E-state index < -0.39 is 5.97 Å². The summed E-state index contributed by atoms with van der Waals surface area (Å²) in [6.45, 7) is 7.53. The van der Waals surface area contributed by atoms with Crippen molar-refractivity contribution in [3.8, 4) is 0 Å². The first kappa shape index (κ1) is 38.6. The fraction of sp³-hybridized carbons (Fsp3) is 0.906. The molecule has 0 spiro atoms. The molecule has 0 bridgehead atoms. The summed E-state index contributed by atoms with van der Waals surface area (Å²) < 4.78 is 10.2. The number of rotatable bonds is 27. The van der Waals surface area contributed by atoms with Crippen LogP contribution < -0.4 is 0 Å². The number of unbranched alkanes of at least 4 members (excludes halogenated alkanes) is 17. The number of ether oxygens (including phenoxy) is 2. The van der Waals surface area contributed by atoms with E-state index in [1.165, 1.54) is 57.8 Å². The van der Waals surface area contributed by atoms with E-state index in [-0.39, 0.29) is 11.9 Å².